The van der Waals surface area contributed by atoms with Crippen molar-refractivity contribution in [3.63, 3.8) is 0 Å². The third-order valence-corrected chi connectivity index (χ3v) is 4.08. The minimum atomic E-state index is -0.0148. The van der Waals surface area contributed by atoms with Crippen molar-refractivity contribution in [2.75, 3.05) is 26.8 Å². The van der Waals surface area contributed by atoms with E-state index in [1.54, 1.807) is 18.1 Å². The van der Waals surface area contributed by atoms with Gasteiger partial charge in [-0.2, -0.15) is 0 Å². The van der Waals surface area contributed by atoms with E-state index in [0.717, 1.165) is 3.79 Å². The van der Waals surface area contributed by atoms with Crippen molar-refractivity contribution in [1.29, 1.82) is 0 Å². The fourth-order valence-corrected chi connectivity index (χ4v) is 2.79. The minimum Gasteiger partial charge on any atom is -0.393 e. The Morgan fingerprint density at radius 3 is 2.78 bits per heavy atom. The van der Waals surface area contributed by atoms with Gasteiger partial charge in [-0.15, -0.1) is 11.3 Å². The lowest BCUT2D eigenvalue weighted by Crippen LogP contribution is -2.35. The topological polar surface area (TPSA) is 55.6 Å². The summed E-state index contributed by atoms with van der Waals surface area (Å²) in [7, 11) is 1.61. The molecule has 1 aromatic heterocycles. The molecule has 0 saturated heterocycles. The van der Waals surface area contributed by atoms with Crippen molar-refractivity contribution >= 4 is 50.4 Å². The summed E-state index contributed by atoms with van der Waals surface area (Å²) in [4.78, 5) is 15.1. The van der Waals surface area contributed by atoms with Gasteiger partial charge in [0, 0.05) is 26.6 Å². The molecule has 4 nitrogen and oxygen atoms in total. The van der Waals surface area contributed by atoms with E-state index < -0.39 is 0 Å². The van der Waals surface area contributed by atoms with Crippen LogP contribution in [0.15, 0.2) is 15.9 Å². The largest absolute Gasteiger partial charge is 0.393 e. The van der Waals surface area contributed by atoms with E-state index in [-0.39, 0.29) is 5.91 Å². The summed E-state index contributed by atoms with van der Waals surface area (Å²) in [6.45, 7) is 1.55. The number of rotatable bonds is 7. The van der Waals surface area contributed by atoms with Crippen LogP contribution in [0.5, 0.6) is 0 Å². The Kier molecular flexibility index (Phi) is 6.77. The van der Waals surface area contributed by atoms with Gasteiger partial charge < -0.3 is 15.4 Å². The molecule has 1 heterocycles. The van der Waals surface area contributed by atoms with Gasteiger partial charge >= 0.3 is 0 Å². The molecule has 0 atom stereocenters. The number of carbonyl (C=O) groups excluding carboxylic acids is 1. The monoisotopic (exact) mass is 350 g/mol. The maximum Gasteiger partial charge on any atom is 0.264 e. The predicted octanol–water partition coefficient (Wildman–Crippen LogP) is 2.28. The number of thiophene rings is 1. The van der Waals surface area contributed by atoms with Crippen LogP contribution in [-0.2, 0) is 4.74 Å². The zero-order valence-corrected chi connectivity index (χ0v) is 13.2. The van der Waals surface area contributed by atoms with E-state index in [9.17, 15) is 4.79 Å². The van der Waals surface area contributed by atoms with Crippen LogP contribution in [-0.4, -0.2) is 42.6 Å². The molecule has 1 rings (SSSR count). The number of carbonyl (C=O) groups is 1. The smallest absolute Gasteiger partial charge is 0.264 e. The van der Waals surface area contributed by atoms with Gasteiger partial charge in [0.25, 0.3) is 5.91 Å². The molecule has 0 aliphatic heterocycles. The van der Waals surface area contributed by atoms with E-state index >= 15 is 0 Å². The number of halogens is 1. The van der Waals surface area contributed by atoms with Crippen LogP contribution in [0.25, 0.3) is 0 Å². The van der Waals surface area contributed by atoms with Gasteiger partial charge in [-0.3, -0.25) is 4.79 Å². The summed E-state index contributed by atoms with van der Waals surface area (Å²) in [6.07, 6.45) is 0.525. The van der Waals surface area contributed by atoms with Crippen molar-refractivity contribution < 1.29 is 9.53 Å². The van der Waals surface area contributed by atoms with Crippen LogP contribution in [0.4, 0.5) is 0 Å². The Hall–Kier alpha value is -0.500. The number of hydrogen-bond donors (Lipinski definition) is 1. The first-order valence-corrected chi connectivity index (χ1v) is 7.38. The normalized spacial score (nSPS) is 10.3. The predicted molar refractivity (Wildman–Crippen MR) is 81.2 cm³/mol. The highest BCUT2D eigenvalue weighted by Crippen LogP contribution is 2.23. The van der Waals surface area contributed by atoms with Crippen LogP contribution >= 0.6 is 39.5 Å². The standard InChI is InChI=1S/C11H15BrN2O2S2/c1-16-7-6-14(5-4-10(13)17)11(15)8-2-3-9(12)18-8/h2-3H,4-7H2,1H3,(H2,13,17). The molecule has 0 aliphatic carbocycles. The number of nitrogens with zero attached hydrogens (tertiary/aromatic N) is 1. The number of methoxy groups -OCH3 is 1. The van der Waals surface area contributed by atoms with Crippen molar-refractivity contribution in [2.24, 2.45) is 5.73 Å². The first-order valence-electron chi connectivity index (χ1n) is 5.36. The maximum absolute atomic E-state index is 12.3. The average Bonchev–Trinajstić information content (AvgIpc) is 2.75. The molecule has 1 amide bonds. The third-order valence-electron chi connectivity index (χ3n) is 2.26. The molecular weight excluding hydrogens is 336 g/mol. The zero-order valence-electron chi connectivity index (χ0n) is 10.0. The summed E-state index contributed by atoms with van der Waals surface area (Å²) >= 11 is 9.60. The molecule has 0 aromatic carbocycles. The Labute approximate surface area is 124 Å². The summed E-state index contributed by atoms with van der Waals surface area (Å²) in [5.74, 6) is -0.0148. The van der Waals surface area contributed by atoms with Gasteiger partial charge in [-0.1, -0.05) is 12.2 Å². The van der Waals surface area contributed by atoms with Gasteiger partial charge in [-0.05, 0) is 28.1 Å². The SMILES string of the molecule is COCCN(CCC(N)=S)C(=O)c1ccc(Br)s1. The fourth-order valence-electron chi connectivity index (χ4n) is 1.35. The molecule has 0 aliphatic rings. The molecule has 100 valence electrons. The van der Waals surface area contributed by atoms with Gasteiger partial charge in [-0.25, -0.2) is 0 Å². The quantitative estimate of drug-likeness (QED) is 0.766. The lowest BCUT2D eigenvalue weighted by atomic mass is 10.3. The van der Waals surface area contributed by atoms with E-state index in [4.69, 9.17) is 22.7 Å². The number of hydrogen-bond acceptors (Lipinski definition) is 4. The third kappa shape index (κ3) is 5.01. The second kappa shape index (κ2) is 7.83. The second-order valence-electron chi connectivity index (χ2n) is 3.61. The summed E-state index contributed by atoms with van der Waals surface area (Å²) in [5, 5.41) is 0. The van der Waals surface area contributed by atoms with Crippen LogP contribution in [0.2, 0.25) is 0 Å². The molecule has 1 aromatic rings. The molecule has 0 fully saturated rings. The van der Waals surface area contributed by atoms with Crippen LogP contribution in [0.1, 0.15) is 16.1 Å². The van der Waals surface area contributed by atoms with E-state index in [2.05, 4.69) is 15.9 Å². The highest BCUT2D eigenvalue weighted by molar-refractivity contribution is 9.11. The Morgan fingerprint density at radius 1 is 1.56 bits per heavy atom. The molecule has 2 N–H and O–H groups in total. The molecule has 0 unspecified atom stereocenters. The average molecular weight is 351 g/mol. The summed E-state index contributed by atoms with van der Waals surface area (Å²) < 4.78 is 5.94. The first-order chi connectivity index (χ1) is 8.54. The van der Waals surface area contributed by atoms with Crippen LogP contribution in [0.3, 0.4) is 0 Å². The molecule has 0 radical (unpaired) electrons. The summed E-state index contributed by atoms with van der Waals surface area (Å²) in [5.41, 5.74) is 5.47. The Morgan fingerprint density at radius 2 is 2.28 bits per heavy atom. The van der Waals surface area contributed by atoms with Crippen LogP contribution < -0.4 is 5.73 Å². The maximum atomic E-state index is 12.3. The number of nitrogens with two attached hydrogens (primary N) is 1. The molecule has 7 heteroatoms. The first kappa shape index (κ1) is 15.6. The van der Waals surface area contributed by atoms with Crippen molar-refractivity contribution in [2.45, 2.75) is 6.42 Å². The molecule has 0 saturated carbocycles. The van der Waals surface area contributed by atoms with E-state index in [0.29, 0.717) is 36.0 Å². The Bertz CT molecular complexity index is 423. The lowest BCUT2D eigenvalue weighted by Gasteiger charge is -2.21. The second-order valence-corrected chi connectivity index (χ2v) is 6.59. The number of thiocarbonyl (C=S) groups is 1. The lowest BCUT2D eigenvalue weighted by molar-refractivity contribution is 0.0706. The molecule has 0 spiro atoms. The molecular formula is C11H15BrN2O2S2. The molecule has 0 bridgehead atoms. The van der Waals surface area contributed by atoms with Crippen molar-refractivity contribution in [3.8, 4) is 0 Å². The number of ether oxygens (including phenoxy) is 1. The van der Waals surface area contributed by atoms with Crippen molar-refractivity contribution in [3.05, 3.63) is 20.8 Å². The highest BCUT2D eigenvalue weighted by Gasteiger charge is 2.17. The van der Waals surface area contributed by atoms with Gasteiger partial charge in [0.1, 0.15) is 0 Å². The Balaban J connectivity index is 2.68. The number of amides is 1. The van der Waals surface area contributed by atoms with Crippen LogP contribution in [0, 0.1) is 0 Å². The highest BCUT2D eigenvalue weighted by atomic mass is 79.9. The minimum absolute atomic E-state index is 0.0148. The van der Waals surface area contributed by atoms with E-state index in [1.165, 1.54) is 11.3 Å². The van der Waals surface area contributed by atoms with E-state index in [1.807, 2.05) is 6.07 Å². The summed E-state index contributed by atoms with van der Waals surface area (Å²) in [6, 6.07) is 3.66. The van der Waals surface area contributed by atoms with Crippen molar-refractivity contribution in [1.82, 2.24) is 4.90 Å². The zero-order chi connectivity index (χ0) is 13.5. The molecule has 18 heavy (non-hydrogen) atoms. The fraction of sp³-hybridized carbons (Fsp3) is 0.455. The van der Waals surface area contributed by atoms with Gasteiger partial charge in [0.2, 0.25) is 0 Å². The van der Waals surface area contributed by atoms with Gasteiger partial charge in [0.05, 0.1) is 20.3 Å². The van der Waals surface area contributed by atoms with Gasteiger partial charge in [0.15, 0.2) is 0 Å².